The van der Waals surface area contributed by atoms with Gasteiger partial charge in [-0.25, -0.2) is 0 Å². The first kappa shape index (κ1) is 33.2. The van der Waals surface area contributed by atoms with Crippen LogP contribution < -0.4 is 4.90 Å². The van der Waals surface area contributed by atoms with Crippen LogP contribution in [-0.4, -0.2) is 0 Å². The maximum absolute atomic E-state index is 6.65. The molecule has 0 radical (unpaired) electrons. The number of hydrogen-bond acceptors (Lipinski definition) is 3. The van der Waals surface area contributed by atoms with Crippen molar-refractivity contribution < 1.29 is 4.42 Å². The quantitative estimate of drug-likeness (QED) is 0.162. The van der Waals surface area contributed by atoms with Crippen molar-refractivity contribution in [2.24, 2.45) is 0 Å². The maximum Gasteiger partial charge on any atom is 0.143 e. The number of anilines is 3. The predicted molar refractivity (Wildman–Crippen MR) is 243 cm³/mol. The zero-order valence-corrected chi connectivity index (χ0v) is 31.8. The summed E-state index contributed by atoms with van der Waals surface area (Å²) in [6.45, 7) is 0. The standard InChI is InChI=1S/C54H35NOS/c1-3-12-36(13-4-1)37-22-24-38(25-23-37)39-26-28-41(29-27-39)55(43-31-33-53-50(35-43)46-17-8-10-21-52(46)57-53)42-30-32-44(40-14-5-2-6-15-40)49(34-42)48-19-11-18-47-45-16-7-9-20-51(45)56-54(47)48/h1-35H. The van der Waals surface area contributed by atoms with Gasteiger partial charge in [-0.3, -0.25) is 0 Å². The highest BCUT2D eigenvalue weighted by Gasteiger charge is 2.20. The number of benzene rings is 9. The molecular weight excluding hydrogens is 711 g/mol. The highest BCUT2D eigenvalue weighted by Crippen LogP contribution is 2.45. The Morgan fingerprint density at radius 3 is 1.61 bits per heavy atom. The maximum atomic E-state index is 6.65. The van der Waals surface area contributed by atoms with Crippen molar-refractivity contribution in [2.45, 2.75) is 0 Å². The summed E-state index contributed by atoms with van der Waals surface area (Å²) in [5.74, 6) is 0. The summed E-state index contributed by atoms with van der Waals surface area (Å²) in [4.78, 5) is 2.39. The smallest absolute Gasteiger partial charge is 0.143 e. The van der Waals surface area contributed by atoms with E-state index in [4.69, 9.17) is 4.42 Å². The summed E-state index contributed by atoms with van der Waals surface area (Å²) in [7, 11) is 0. The molecule has 0 aliphatic heterocycles. The van der Waals surface area contributed by atoms with E-state index in [1.807, 2.05) is 17.4 Å². The van der Waals surface area contributed by atoms with Crippen LogP contribution in [0.15, 0.2) is 217 Å². The molecule has 2 aromatic heterocycles. The fourth-order valence-electron chi connectivity index (χ4n) is 8.31. The van der Waals surface area contributed by atoms with Crippen LogP contribution in [0.25, 0.3) is 86.6 Å². The number of nitrogens with zero attached hydrogens (tertiary/aromatic N) is 1. The second-order valence-electron chi connectivity index (χ2n) is 14.5. The second kappa shape index (κ2) is 13.8. The summed E-state index contributed by atoms with van der Waals surface area (Å²) in [5, 5.41) is 4.79. The second-order valence-corrected chi connectivity index (χ2v) is 15.6. The SMILES string of the molecule is c1ccc(-c2ccc(-c3ccc(N(c4ccc(-c5ccccc5)c(-c5cccc6c5oc5ccccc56)c4)c4ccc5sc6ccccc6c5c4)cc3)cc2)cc1. The molecule has 0 fully saturated rings. The van der Waals surface area contributed by atoms with E-state index in [9.17, 15) is 0 Å². The Morgan fingerprint density at radius 2 is 0.860 bits per heavy atom. The van der Waals surface area contributed by atoms with Crippen molar-refractivity contribution in [3.63, 3.8) is 0 Å². The summed E-state index contributed by atoms with van der Waals surface area (Å²) in [6, 6.07) is 76.4. The molecule has 9 aromatic carbocycles. The fraction of sp³-hybridized carbons (Fsp3) is 0. The number of thiophene rings is 1. The average molecular weight is 746 g/mol. The highest BCUT2D eigenvalue weighted by molar-refractivity contribution is 7.25. The molecule has 0 amide bonds. The summed E-state index contributed by atoms with van der Waals surface area (Å²) in [5.41, 5.74) is 14.3. The minimum Gasteiger partial charge on any atom is -0.455 e. The first-order valence-electron chi connectivity index (χ1n) is 19.3. The fourth-order valence-corrected chi connectivity index (χ4v) is 9.40. The molecule has 268 valence electrons. The molecule has 0 unspecified atom stereocenters. The van der Waals surface area contributed by atoms with Crippen LogP contribution in [0.5, 0.6) is 0 Å². The van der Waals surface area contributed by atoms with E-state index in [1.165, 1.54) is 42.4 Å². The van der Waals surface area contributed by atoms with Gasteiger partial charge in [0.1, 0.15) is 11.2 Å². The third-order valence-corrected chi connectivity index (χ3v) is 12.3. The van der Waals surface area contributed by atoms with Crippen LogP contribution in [0, 0.1) is 0 Å². The lowest BCUT2D eigenvalue weighted by molar-refractivity contribution is 0.670. The third kappa shape index (κ3) is 5.88. The topological polar surface area (TPSA) is 16.4 Å². The Bertz CT molecular complexity index is 3210. The van der Waals surface area contributed by atoms with E-state index in [0.717, 1.165) is 61.3 Å². The van der Waals surface area contributed by atoms with E-state index in [1.54, 1.807) is 0 Å². The molecule has 0 N–H and O–H groups in total. The molecular formula is C54H35NOS. The Balaban J connectivity index is 1.09. The van der Waals surface area contributed by atoms with Crippen molar-refractivity contribution in [2.75, 3.05) is 4.90 Å². The first-order valence-corrected chi connectivity index (χ1v) is 20.1. The molecule has 0 aliphatic rings. The van der Waals surface area contributed by atoms with E-state index < -0.39 is 0 Å². The zero-order valence-electron chi connectivity index (χ0n) is 31.0. The molecule has 0 bridgehead atoms. The molecule has 57 heavy (non-hydrogen) atoms. The van der Waals surface area contributed by atoms with Gasteiger partial charge in [0.15, 0.2) is 0 Å². The molecule has 0 atom stereocenters. The first-order chi connectivity index (χ1) is 28.2. The van der Waals surface area contributed by atoms with E-state index in [0.29, 0.717) is 0 Å². The lowest BCUT2D eigenvalue weighted by atomic mass is 9.92. The molecule has 0 aliphatic carbocycles. The van der Waals surface area contributed by atoms with Gasteiger partial charge < -0.3 is 9.32 Å². The molecule has 0 saturated heterocycles. The van der Waals surface area contributed by atoms with E-state index in [2.05, 4.69) is 211 Å². The summed E-state index contributed by atoms with van der Waals surface area (Å²) in [6.07, 6.45) is 0. The van der Waals surface area contributed by atoms with Crippen molar-refractivity contribution in [3.05, 3.63) is 212 Å². The minimum absolute atomic E-state index is 0.894. The molecule has 0 spiro atoms. The van der Waals surface area contributed by atoms with Crippen molar-refractivity contribution in [3.8, 4) is 44.5 Å². The number of rotatable bonds is 7. The lowest BCUT2D eigenvalue weighted by Gasteiger charge is -2.27. The van der Waals surface area contributed by atoms with Crippen LogP contribution in [0.4, 0.5) is 17.1 Å². The molecule has 2 heterocycles. The van der Waals surface area contributed by atoms with Crippen molar-refractivity contribution >= 4 is 70.5 Å². The molecule has 11 rings (SSSR count). The van der Waals surface area contributed by atoms with Gasteiger partial charge in [0.05, 0.1) is 0 Å². The van der Waals surface area contributed by atoms with Gasteiger partial charge in [-0.15, -0.1) is 11.3 Å². The van der Waals surface area contributed by atoms with Gasteiger partial charge in [-0.05, 0) is 93.5 Å². The summed E-state index contributed by atoms with van der Waals surface area (Å²) >= 11 is 1.85. The number of furan rings is 1. The molecule has 0 saturated carbocycles. The number of hydrogen-bond donors (Lipinski definition) is 0. The van der Waals surface area contributed by atoms with Crippen LogP contribution >= 0.6 is 11.3 Å². The van der Waals surface area contributed by atoms with E-state index in [-0.39, 0.29) is 0 Å². The lowest BCUT2D eigenvalue weighted by Crippen LogP contribution is -2.10. The number of para-hydroxylation sites is 2. The van der Waals surface area contributed by atoms with Crippen LogP contribution in [0.1, 0.15) is 0 Å². The highest BCUT2D eigenvalue weighted by atomic mass is 32.1. The number of fused-ring (bicyclic) bond motifs is 6. The third-order valence-electron chi connectivity index (χ3n) is 11.1. The van der Waals surface area contributed by atoms with Crippen LogP contribution in [-0.2, 0) is 0 Å². The Hall–Kier alpha value is -7.20. The van der Waals surface area contributed by atoms with Crippen LogP contribution in [0.3, 0.4) is 0 Å². The minimum atomic E-state index is 0.894. The van der Waals surface area contributed by atoms with Gasteiger partial charge in [0.2, 0.25) is 0 Å². The summed E-state index contributed by atoms with van der Waals surface area (Å²) < 4.78 is 9.24. The van der Waals surface area contributed by atoms with Gasteiger partial charge in [0.25, 0.3) is 0 Å². The predicted octanol–water partition coefficient (Wildman–Crippen LogP) is 16.1. The Kier molecular flexibility index (Phi) is 8.04. The monoisotopic (exact) mass is 745 g/mol. The van der Waals surface area contributed by atoms with Gasteiger partial charge in [-0.2, -0.15) is 0 Å². The largest absolute Gasteiger partial charge is 0.455 e. The zero-order chi connectivity index (χ0) is 37.7. The van der Waals surface area contributed by atoms with Gasteiger partial charge in [0, 0.05) is 53.6 Å². The Morgan fingerprint density at radius 1 is 0.316 bits per heavy atom. The van der Waals surface area contributed by atoms with Crippen molar-refractivity contribution in [1.82, 2.24) is 0 Å². The van der Waals surface area contributed by atoms with Gasteiger partial charge in [-0.1, -0.05) is 158 Å². The normalized spacial score (nSPS) is 11.5. The van der Waals surface area contributed by atoms with Gasteiger partial charge >= 0.3 is 0 Å². The van der Waals surface area contributed by atoms with Crippen LogP contribution in [0.2, 0.25) is 0 Å². The van der Waals surface area contributed by atoms with E-state index >= 15 is 0 Å². The van der Waals surface area contributed by atoms with Crippen molar-refractivity contribution in [1.29, 1.82) is 0 Å². The Labute approximate surface area is 335 Å². The average Bonchev–Trinajstić information content (AvgIpc) is 3.86. The molecule has 3 heteroatoms. The molecule has 2 nitrogen and oxygen atoms in total. The molecule has 11 aromatic rings.